The van der Waals surface area contributed by atoms with Crippen LogP contribution in [0.4, 0.5) is 10.8 Å². The van der Waals surface area contributed by atoms with Crippen LogP contribution >= 0.6 is 11.3 Å². The van der Waals surface area contributed by atoms with E-state index < -0.39 is 10.0 Å². The highest BCUT2D eigenvalue weighted by atomic mass is 32.2. The van der Waals surface area contributed by atoms with Gasteiger partial charge in [0, 0.05) is 21.7 Å². The lowest BCUT2D eigenvalue weighted by atomic mass is 10.1. The number of aryl methyl sites for hydroxylation is 1. The molecule has 0 spiro atoms. The number of nitrogens with zero attached hydrogens (tertiary/aromatic N) is 1. The first-order valence-electron chi connectivity index (χ1n) is 10.6. The average molecular weight is 494 g/mol. The van der Waals surface area contributed by atoms with Gasteiger partial charge in [-0.3, -0.25) is 14.8 Å². The molecular formula is C25H23N3O4S2. The number of benzene rings is 3. The molecule has 7 nitrogen and oxygen atoms in total. The second kappa shape index (κ2) is 10.1. The number of rotatable bonds is 8. The van der Waals surface area contributed by atoms with E-state index in [2.05, 4.69) is 15.0 Å². The first-order valence-corrected chi connectivity index (χ1v) is 12.9. The van der Waals surface area contributed by atoms with E-state index in [1.165, 1.54) is 29.5 Å². The van der Waals surface area contributed by atoms with Crippen molar-refractivity contribution < 1.29 is 17.9 Å². The summed E-state index contributed by atoms with van der Waals surface area (Å²) in [5.41, 5.74) is 2.31. The third kappa shape index (κ3) is 5.44. The fourth-order valence-electron chi connectivity index (χ4n) is 3.30. The average Bonchev–Trinajstić information content (AvgIpc) is 3.20. The van der Waals surface area contributed by atoms with Crippen molar-refractivity contribution in [3.05, 3.63) is 89.3 Å². The van der Waals surface area contributed by atoms with Gasteiger partial charge in [-0.1, -0.05) is 24.3 Å². The van der Waals surface area contributed by atoms with E-state index in [1.807, 2.05) is 38.1 Å². The maximum Gasteiger partial charge on any atom is 0.261 e. The van der Waals surface area contributed by atoms with E-state index in [4.69, 9.17) is 4.74 Å². The fraction of sp³-hybridized carbons (Fsp3) is 0.120. The van der Waals surface area contributed by atoms with E-state index in [0.717, 1.165) is 21.9 Å². The zero-order valence-corrected chi connectivity index (χ0v) is 20.2. The minimum atomic E-state index is -3.76. The van der Waals surface area contributed by atoms with Crippen molar-refractivity contribution >= 4 is 38.1 Å². The van der Waals surface area contributed by atoms with E-state index >= 15 is 0 Å². The highest BCUT2D eigenvalue weighted by Gasteiger charge is 2.16. The van der Waals surface area contributed by atoms with E-state index in [9.17, 15) is 13.2 Å². The zero-order valence-electron chi connectivity index (χ0n) is 18.6. The van der Waals surface area contributed by atoms with Crippen LogP contribution in [0.1, 0.15) is 22.2 Å². The molecule has 0 aliphatic carbocycles. The fourth-order valence-corrected chi connectivity index (χ4v) is 5.20. The SMILES string of the molecule is CCOc1ccc(-c2nc(NC(=O)c3cccc(NS(=O)(=O)c4ccccc4)c3)sc2C)cc1. The third-order valence-electron chi connectivity index (χ3n) is 4.89. The topological polar surface area (TPSA) is 97.4 Å². The first-order chi connectivity index (χ1) is 16.4. The highest BCUT2D eigenvalue weighted by Crippen LogP contribution is 2.31. The van der Waals surface area contributed by atoms with Crippen LogP contribution in [0.25, 0.3) is 11.3 Å². The van der Waals surface area contributed by atoms with Gasteiger partial charge in [-0.2, -0.15) is 0 Å². The lowest BCUT2D eigenvalue weighted by Crippen LogP contribution is -2.15. The minimum absolute atomic E-state index is 0.143. The number of ether oxygens (including phenoxy) is 1. The van der Waals surface area contributed by atoms with Crippen LogP contribution in [0.2, 0.25) is 0 Å². The summed E-state index contributed by atoms with van der Waals surface area (Å²) in [6.07, 6.45) is 0. The van der Waals surface area contributed by atoms with Gasteiger partial charge in [0.15, 0.2) is 5.13 Å². The van der Waals surface area contributed by atoms with Crippen molar-refractivity contribution in [2.75, 3.05) is 16.6 Å². The number of sulfonamides is 1. The normalized spacial score (nSPS) is 11.1. The molecule has 4 aromatic rings. The number of carbonyl (C=O) groups excluding carboxylic acids is 1. The van der Waals surface area contributed by atoms with Gasteiger partial charge in [-0.25, -0.2) is 13.4 Å². The van der Waals surface area contributed by atoms with Crippen molar-refractivity contribution in [2.45, 2.75) is 18.7 Å². The summed E-state index contributed by atoms with van der Waals surface area (Å²) in [5.74, 6) is 0.406. The van der Waals surface area contributed by atoms with Crippen LogP contribution in [0.5, 0.6) is 5.75 Å². The Hall–Kier alpha value is -3.69. The zero-order chi connectivity index (χ0) is 24.1. The number of hydrogen-bond donors (Lipinski definition) is 2. The third-order valence-corrected chi connectivity index (χ3v) is 7.17. The molecule has 2 N–H and O–H groups in total. The van der Waals surface area contributed by atoms with Gasteiger partial charge in [0.25, 0.3) is 15.9 Å². The van der Waals surface area contributed by atoms with Crippen molar-refractivity contribution in [1.29, 1.82) is 0 Å². The molecule has 0 bridgehead atoms. The summed E-state index contributed by atoms with van der Waals surface area (Å²) in [7, 11) is -3.76. The Bertz CT molecular complexity index is 1400. The summed E-state index contributed by atoms with van der Waals surface area (Å²) in [5, 5.41) is 3.27. The second-order valence-corrected chi connectivity index (χ2v) is 10.2. The van der Waals surface area contributed by atoms with Crippen LogP contribution < -0.4 is 14.8 Å². The Morgan fingerprint density at radius 1 is 1.00 bits per heavy atom. The molecule has 0 aliphatic rings. The molecule has 1 aromatic heterocycles. The van der Waals surface area contributed by atoms with E-state index in [0.29, 0.717) is 23.0 Å². The molecule has 9 heteroatoms. The number of nitrogens with one attached hydrogen (secondary N) is 2. The van der Waals surface area contributed by atoms with E-state index in [-0.39, 0.29) is 10.8 Å². The Balaban J connectivity index is 1.49. The number of anilines is 2. The molecule has 0 unspecified atom stereocenters. The first kappa shape index (κ1) is 23.5. The Morgan fingerprint density at radius 2 is 1.74 bits per heavy atom. The van der Waals surface area contributed by atoms with Gasteiger partial charge in [0.05, 0.1) is 17.2 Å². The van der Waals surface area contributed by atoms with Gasteiger partial charge >= 0.3 is 0 Å². The van der Waals surface area contributed by atoms with Crippen molar-refractivity contribution in [3.8, 4) is 17.0 Å². The maximum absolute atomic E-state index is 12.8. The smallest absolute Gasteiger partial charge is 0.261 e. The quantitative estimate of drug-likeness (QED) is 0.334. The summed E-state index contributed by atoms with van der Waals surface area (Å²) >= 11 is 1.37. The van der Waals surface area contributed by atoms with Gasteiger partial charge < -0.3 is 4.74 Å². The molecular weight excluding hydrogens is 470 g/mol. The number of carbonyl (C=O) groups is 1. The molecule has 3 aromatic carbocycles. The van der Waals surface area contributed by atoms with Gasteiger partial charge in [0.1, 0.15) is 5.75 Å². The molecule has 0 saturated carbocycles. The van der Waals surface area contributed by atoms with Crippen LogP contribution in [0.15, 0.2) is 83.8 Å². The predicted molar refractivity (Wildman–Crippen MR) is 135 cm³/mol. The number of thiazole rings is 1. The number of amides is 1. The maximum atomic E-state index is 12.8. The molecule has 1 heterocycles. The predicted octanol–water partition coefficient (Wildman–Crippen LogP) is 5.57. The largest absolute Gasteiger partial charge is 0.494 e. The summed E-state index contributed by atoms with van der Waals surface area (Å²) < 4.78 is 33.1. The molecule has 0 fully saturated rings. The van der Waals surface area contributed by atoms with Crippen molar-refractivity contribution in [3.63, 3.8) is 0 Å². The minimum Gasteiger partial charge on any atom is -0.494 e. The van der Waals surface area contributed by atoms with Crippen LogP contribution in [-0.4, -0.2) is 25.9 Å². The van der Waals surface area contributed by atoms with E-state index in [1.54, 1.807) is 36.4 Å². The summed E-state index contributed by atoms with van der Waals surface area (Å²) in [6, 6.07) is 22.0. The molecule has 0 atom stereocenters. The lowest BCUT2D eigenvalue weighted by Gasteiger charge is -2.09. The second-order valence-electron chi connectivity index (χ2n) is 7.33. The van der Waals surface area contributed by atoms with Gasteiger partial charge in [-0.15, -0.1) is 11.3 Å². The van der Waals surface area contributed by atoms with Gasteiger partial charge in [-0.05, 0) is 68.4 Å². The number of hydrogen-bond acceptors (Lipinski definition) is 6. The summed E-state index contributed by atoms with van der Waals surface area (Å²) in [4.78, 5) is 18.5. The van der Waals surface area contributed by atoms with Crippen LogP contribution in [0.3, 0.4) is 0 Å². The molecule has 34 heavy (non-hydrogen) atoms. The highest BCUT2D eigenvalue weighted by molar-refractivity contribution is 7.92. The van der Waals surface area contributed by atoms with Crippen molar-refractivity contribution in [1.82, 2.24) is 4.98 Å². The Morgan fingerprint density at radius 3 is 2.44 bits per heavy atom. The Kier molecular flexibility index (Phi) is 6.95. The molecule has 4 rings (SSSR count). The number of aromatic nitrogens is 1. The molecule has 0 radical (unpaired) electrons. The molecule has 174 valence electrons. The lowest BCUT2D eigenvalue weighted by molar-refractivity contribution is 0.102. The standard InChI is InChI=1S/C25H23N3O4S2/c1-3-32-21-14-12-18(13-15-21)23-17(2)33-25(26-23)27-24(29)19-8-7-9-20(16-19)28-34(30,31)22-10-5-4-6-11-22/h4-16,28H,3H2,1-2H3,(H,26,27,29). The van der Waals surface area contributed by atoms with Gasteiger partial charge in [0.2, 0.25) is 0 Å². The monoisotopic (exact) mass is 493 g/mol. The van der Waals surface area contributed by atoms with Crippen LogP contribution in [0, 0.1) is 6.92 Å². The molecule has 1 amide bonds. The molecule has 0 saturated heterocycles. The van der Waals surface area contributed by atoms with Crippen LogP contribution in [-0.2, 0) is 10.0 Å². The van der Waals surface area contributed by atoms with Crippen molar-refractivity contribution in [2.24, 2.45) is 0 Å². The molecule has 0 aliphatic heterocycles. The Labute approximate surface area is 202 Å². The summed E-state index contributed by atoms with van der Waals surface area (Å²) in [6.45, 7) is 4.47.